The van der Waals surface area contributed by atoms with Gasteiger partial charge < -0.3 is 15.0 Å². The van der Waals surface area contributed by atoms with E-state index < -0.39 is 0 Å². The predicted octanol–water partition coefficient (Wildman–Crippen LogP) is 2.72. The average molecular weight is 293 g/mol. The normalized spacial score (nSPS) is 14.9. The molecule has 6 nitrogen and oxygen atoms in total. The van der Waals surface area contributed by atoms with E-state index in [-0.39, 0.29) is 6.10 Å². The monoisotopic (exact) mass is 293 g/mol. The van der Waals surface area contributed by atoms with Crippen molar-refractivity contribution in [2.45, 2.75) is 53.1 Å². The highest BCUT2D eigenvalue weighted by Gasteiger charge is 2.22. The van der Waals surface area contributed by atoms with Crippen LogP contribution in [-0.2, 0) is 0 Å². The molecule has 0 spiro atoms. The van der Waals surface area contributed by atoms with E-state index >= 15 is 0 Å². The molecule has 0 amide bonds. The Morgan fingerprint density at radius 2 is 2.00 bits per heavy atom. The minimum absolute atomic E-state index is 0.0523. The molecule has 0 aliphatic heterocycles. The molecule has 1 fully saturated rings. The standard InChI is InChI=1S/C15H27N5O/c1-5-16-13-17-14(19-15(18-13)21-11(3)4)20(6-2)10-12-8-7-9-12/h11-12H,5-10H2,1-4H3,(H,16,17,18,19). The van der Waals surface area contributed by atoms with Crippen molar-refractivity contribution in [3.8, 4) is 6.01 Å². The molecule has 1 aromatic heterocycles. The Bertz CT molecular complexity index is 448. The molecule has 0 atom stereocenters. The molecule has 0 bridgehead atoms. The number of nitrogens with zero attached hydrogens (tertiary/aromatic N) is 4. The molecular weight excluding hydrogens is 266 g/mol. The fraction of sp³-hybridized carbons (Fsp3) is 0.800. The molecule has 1 aliphatic rings. The van der Waals surface area contributed by atoms with Crippen molar-refractivity contribution in [1.82, 2.24) is 15.0 Å². The SMILES string of the molecule is CCNc1nc(OC(C)C)nc(N(CC)CC2CCC2)n1. The molecule has 0 radical (unpaired) electrons. The Labute approximate surface area is 127 Å². The van der Waals surface area contributed by atoms with E-state index in [1.54, 1.807) is 0 Å². The fourth-order valence-corrected chi connectivity index (χ4v) is 2.33. The summed E-state index contributed by atoms with van der Waals surface area (Å²) in [6.07, 6.45) is 4.04. The Morgan fingerprint density at radius 3 is 2.52 bits per heavy atom. The summed E-state index contributed by atoms with van der Waals surface area (Å²) in [6.45, 7) is 10.8. The average Bonchev–Trinajstić information content (AvgIpc) is 2.37. The van der Waals surface area contributed by atoms with E-state index in [4.69, 9.17) is 4.74 Å². The predicted molar refractivity (Wildman–Crippen MR) is 85.0 cm³/mol. The minimum atomic E-state index is 0.0523. The maximum atomic E-state index is 5.65. The summed E-state index contributed by atoms with van der Waals surface area (Å²) >= 11 is 0. The Kier molecular flexibility index (Phi) is 5.59. The van der Waals surface area contributed by atoms with Gasteiger partial charge in [0.2, 0.25) is 11.9 Å². The summed E-state index contributed by atoms with van der Waals surface area (Å²) in [5, 5.41) is 3.15. The van der Waals surface area contributed by atoms with Crippen LogP contribution in [0.15, 0.2) is 0 Å². The van der Waals surface area contributed by atoms with Crippen LogP contribution >= 0.6 is 0 Å². The smallest absolute Gasteiger partial charge is 0.323 e. The first-order chi connectivity index (χ1) is 10.1. The van der Waals surface area contributed by atoms with Crippen LogP contribution in [-0.4, -0.2) is 40.7 Å². The zero-order valence-corrected chi connectivity index (χ0v) is 13.6. The van der Waals surface area contributed by atoms with Crippen molar-refractivity contribution in [1.29, 1.82) is 0 Å². The van der Waals surface area contributed by atoms with Crippen molar-refractivity contribution < 1.29 is 4.74 Å². The largest absolute Gasteiger partial charge is 0.461 e. The molecule has 1 aliphatic carbocycles. The Morgan fingerprint density at radius 1 is 1.24 bits per heavy atom. The molecule has 1 aromatic rings. The topological polar surface area (TPSA) is 63.2 Å². The van der Waals surface area contributed by atoms with Crippen LogP contribution in [0.1, 0.15) is 47.0 Å². The lowest BCUT2D eigenvalue weighted by Crippen LogP contribution is -2.34. The van der Waals surface area contributed by atoms with Crippen LogP contribution in [0.2, 0.25) is 0 Å². The lowest BCUT2D eigenvalue weighted by Gasteiger charge is -2.31. The van der Waals surface area contributed by atoms with Crippen LogP contribution in [0, 0.1) is 5.92 Å². The maximum Gasteiger partial charge on any atom is 0.323 e. The van der Waals surface area contributed by atoms with E-state index in [9.17, 15) is 0 Å². The number of ether oxygens (including phenoxy) is 1. The molecule has 0 aromatic carbocycles. The molecule has 0 saturated heterocycles. The van der Waals surface area contributed by atoms with Crippen molar-refractivity contribution >= 4 is 11.9 Å². The summed E-state index contributed by atoms with van der Waals surface area (Å²) in [5.74, 6) is 2.08. The van der Waals surface area contributed by atoms with Gasteiger partial charge in [0.05, 0.1) is 6.10 Å². The molecule has 0 unspecified atom stereocenters. The van der Waals surface area contributed by atoms with E-state index in [1.807, 2.05) is 20.8 Å². The van der Waals surface area contributed by atoms with Gasteiger partial charge in [-0.1, -0.05) is 6.42 Å². The van der Waals surface area contributed by atoms with Gasteiger partial charge in [-0.15, -0.1) is 0 Å². The third kappa shape index (κ3) is 4.44. The van der Waals surface area contributed by atoms with Crippen molar-refractivity contribution in [3.05, 3.63) is 0 Å². The number of rotatable bonds is 8. The molecule has 1 N–H and O–H groups in total. The molecule has 6 heteroatoms. The summed E-state index contributed by atoms with van der Waals surface area (Å²) in [7, 11) is 0. The van der Waals surface area contributed by atoms with Crippen LogP contribution in [0.4, 0.5) is 11.9 Å². The quantitative estimate of drug-likeness (QED) is 0.795. The van der Waals surface area contributed by atoms with Gasteiger partial charge in [0.25, 0.3) is 0 Å². The van der Waals surface area contributed by atoms with Gasteiger partial charge >= 0.3 is 6.01 Å². The van der Waals surface area contributed by atoms with Gasteiger partial charge in [-0.3, -0.25) is 0 Å². The van der Waals surface area contributed by atoms with Gasteiger partial charge in [-0.25, -0.2) is 0 Å². The lowest BCUT2D eigenvalue weighted by atomic mass is 9.85. The van der Waals surface area contributed by atoms with Crippen LogP contribution in [0.3, 0.4) is 0 Å². The lowest BCUT2D eigenvalue weighted by molar-refractivity contribution is 0.221. The molecule has 1 saturated carbocycles. The fourth-order valence-electron chi connectivity index (χ4n) is 2.33. The highest BCUT2D eigenvalue weighted by Crippen LogP contribution is 2.28. The number of anilines is 2. The molecule has 21 heavy (non-hydrogen) atoms. The third-order valence-electron chi connectivity index (χ3n) is 3.65. The molecule has 118 valence electrons. The van der Waals surface area contributed by atoms with E-state index in [2.05, 4.69) is 32.1 Å². The van der Waals surface area contributed by atoms with E-state index in [0.29, 0.717) is 17.9 Å². The van der Waals surface area contributed by atoms with Gasteiger partial charge in [-0.05, 0) is 46.5 Å². The van der Waals surface area contributed by atoms with E-state index in [0.717, 1.165) is 25.6 Å². The van der Waals surface area contributed by atoms with Gasteiger partial charge in [0.15, 0.2) is 0 Å². The van der Waals surface area contributed by atoms with Crippen molar-refractivity contribution in [3.63, 3.8) is 0 Å². The number of hydrogen-bond acceptors (Lipinski definition) is 6. The van der Waals surface area contributed by atoms with Crippen molar-refractivity contribution in [2.24, 2.45) is 5.92 Å². The zero-order chi connectivity index (χ0) is 15.2. The summed E-state index contributed by atoms with van der Waals surface area (Å²) in [6, 6.07) is 0.401. The second-order valence-electron chi connectivity index (χ2n) is 5.77. The highest BCUT2D eigenvalue weighted by atomic mass is 16.5. The van der Waals surface area contributed by atoms with Gasteiger partial charge in [-0.2, -0.15) is 15.0 Å². The zero-order valence-electron chi connectivity index (χ0n) is 13.6. The maximum absolute atomic E-state index is 5.65. The van der Waals surface area contributed by atoms with Crippen molar-refractivity contribution in [2.75, 3.05) is 29.9 Å². The minimum Gasteiger partial charge on any atom is -0.461 e. The molecule has 1 heterocycles. The first kappa shape index (κ1) is 15.8. The second-order valence-corrected chi connectivity index (χ2v) is 5.77. The van der Waals surface area contributed by atoms with Crippen LogP contribution in [0.5, 0.6) is 6.01 Å². The first-order valence-electron chi connectivity index (χ1n) is 8.03. The summed E-state index contributed by atoms with van der Waals surface area (Å²) in [4.78, 5) is 15.5. The number of nitrogens with one attached hydrogen (secondary N) is 1. The first-order valence-corrected chi connectivity index (χ1v) is 8.03. The van der Waals surface area contributed by atoms with Crippen LogP contribution in [0.25, 0.3) is 0 Å². The number of hydrogen-bond donors (Lipinski definition) is 1. The van der Waals surface area contributed by atoms with Gasteiger partial charge in [0.1, 0.15) is 0 Å². The second kappa shape index (κ2) is 7.43. The van der Waals surface area contributed by atoms with E-state index in [1.165, 1.54) is 19.3 Å². The Hall–Kier alpha value is -1.59. The van der Waals surface area contributed by atoms with Crippen LogP contribution < -0.4 is 15.0 Å². The Balaban J connectivity index is 2.19. The highest BCUT2D eigenvalue weighted by molar-refractivity contribution is 5.38. The van der Waals surface area contributed by atoms with Gasteiger partial charge in [0, 0.05) is 19.6 Å². The summed E-state index contributed by atoms with van der Waals surface area (Å²) in [5.41, 5.74) is 0. The third-order valence-corrected chi connectivity index (χ3v) is 3.65. The number of aromatic nitrogens is 3. The summed E-state index contributed by atoms with van der Waals surface area (Å²) < 4.78 is 5.65. The molecule has 2 rings (SSSR count). The molecular formula is C15H27N5O.